The Morgan fingerprint density at radius 3 is 2.18 bits per heavy atom. The van der Waals surface area contributed by atoms with Gasteiger partial charge < -0.3 is 4.90 Å². The van der Waals surface area contributed by atoms with Gasteiger partial charge in [-0.05, 0) is 26.0 Å². The van der Waals surface area contributed by atoms with Crippen LogP contribution in [-0.2, 0) is 0 Å². The maximum Gasteiger partial charge on any atom is 0.205 e. The van der Waals surface area contributed by atoms with E-state index in [0.29, 0.717) is 5.56 Å². The summed E-state index contributed by atoms with van der Waals surface area (Å²) in [4.78, 5) is 13.8. The summed E-state index contributed by atoms with van der Waals surface area (Å²) < 4.78 is 0. The number of rotatable bonds is 3. The third-order valence-corrected chi connectivity index (χ3v) is 2.24. The van der Waals surface area contributed by atoms with Crippen LogP contribution in [0.3, 0.4) is 0 Å². The molecule has 88 valence electrons. The number of Topliss-reactive ketones (excluding diaryl/α,β-unsaturated/α-hetero) is 1. The molecule has 0 N–H and O–H groups in total. The first-order valence-electron chi connectivity index (χ1n) is 5.35. The first kappa shape index (κ1) is 13.0. The smallest absolute Gasteiger partial charge is 0.205 e. The summed E-state index contributed by atoms with van der Waals surface area (Å²) in [6.45, 7) is 3.87. The molecule has 0 spiro atoms. The molecule has 1 aromatic rings. The van der Waals surface area contributed by atoms with Gasteiger partial charge in [0.2, 0.25) is 5.78 Å². The van der Waals surface area contributed by atoms with Crippen LogP contribution in [0, 0.1) is 25.2 Å². The maximum atomic E-state index is 12.1. The molecule has 0 heterocycles. The van der Waals surface area contributed by atoms with Crippen molar-refractivity contribution >= 4 is 5.78 Å². The number of carbonyl (C=O) groups excluding carboxylic acids is 1. The first-order valence-corrected chi connectivity index (χ1v) is 5.35. The Balaban J connectivity index is 3.16. The molecule has 3 heteroatoms. The zero-order valence-electron chi connectivity index (χ0n) is 10.6. The highest BCUT2D eigenvalue weighted by Gasteiger charge is 2.12. The first-order chi connectivity index (χ1) is 7.93. The number of nitrogens with zero attached hydrogens (tertiary/aromatic N) is 2. The van der Waals surface area contributed by atoms with Gasteiger partial charge in [0.25, 0.3) is 0 Å². The number of nitriles is 1. The third kappa shape index (κ3) is 3.46. The van der Waals surface area contributed by atoms with E-state index in [2.05, 4.69) is 0 Å². The van der Waals surface area contributed by atoms with E-state index >= 15 is 0 Å². The molecular weight excluding hydrogens is 212 g/mol. The number of allylic oxidation sites excluding steroid dienone is 1. The molecule has 1 aromatic carbocycles. The van der Waals surface area contributed by atoms with Gasteiger partial charge in [-0.25, -0.2) is 0 Å². The fraction of sp³-hybridized carbons (Fsp3) is 0.286. The van der Waals surface area contributed by atoms with Crippen molar-refractivity contribution in [2.45, 2.75) is 13.8 Å². The van der Waals surface area contributed by atoms with Crippen LogP contribution in [0.2, 0.25) is 0 Å². The molecule has 1 rings (SSSR count). The highest BCUT2D eigenvalue weighted by Crippen LogP contribution is 2.13. The van der Waals surface area contributed by atoms with Crippen molar-refractivity contribution in [2.24, 2.45) is 0 Å². The van der Waals surface area contributed by atoms with Crippen molar-refractivity contribution in [3.63, 3.8) is 0 Å². The quantitative estimate of drug-likeness (QED) is 0.453. The van der Waals surface area contributed by atoms with Crippen LogP contribution in [0.15, 0.2) is 30.0 Å². The largest absolute Gasteiger partial charge is 0.382 e. The normalized spacial score (nSPS) is 10.9. The predicted octanol–water partition coefficient (Wildman–Crippen LogP) is 2.46. The fourth-order valence-electron chi connectivity index (χ4n) is 1.66. The second kappa shape index (κ2) is 5.31. The van der Waals surface area contributed by atoms with E-state index < -0.39 is 0 Å². The number of aryl methyl sites for hydroxylation is 2. The third-order valence-electron chi connectivity index (χ3n) is 2.24. The molecule has 0 fully saturated rings. The minimum atomic E-state index is -0.229. The van der Waals surface area contributed by atoms with Crippen LogP contribution in [0.5, 0.6) is 0 Å². The number of carbonyl (C=O) groups is 1. The SMILES string of the molecule is Cc1cc(C)cc(C(=O)/C(C#N)=C/N(C)C)c1. The molecule has 0 aliphatic rings. The summed E-state index contributed by atoms with van der Waals surface area (Å²) in [5.41, 5.74) is 2.77. The molecule has 3 nitrogen and oxygen atoms in total. The Morgan fingerprint density at radius 1 is 1.24 bits per heavy atom. The van der Waals surface area contributed by atoms with Crippen molar-refractivity contribution in [1.82, 2.24) is 4.90 Å². The lowest BCUT2D eigenvalue weighted by atomic mass is 10.0. The van der Waals surface area contributed by atoms with Crippen LogP contribution < -0.4 is 0 Å². The van der Waals surface area contributed by atoms with E-state index in [0.717, 1.165) is 11.1 Å². The molecule has 0 aliphatic heterocycles. The van der Waals surface area contributed by atoms with Crippen molar-refractivity contribution in [3.05, 3.63) is 46.7 Å². The number of hydrogen-bond acceptors (Lipinski definition) is 3. The zero-order chi connectivity index (χ0) is 13.0. The lowest BCUT2D eigenvalue weighted by Crippen LogP contribution is -2.09. The fourth-order valence-corrected chi connectivity index (χ4v) is 1.66. The van der Waals surface area contributed by atoms with E-state index in [1.165, 1.54) is 0 Å². The van der Waals surface area contributed by atoms with E-state index in [1.807, 2.05) is 26.0 Å². The minimum absolute atomic E-state index is 0.153. The van der Waals surface area contributed by atoms with Gasteiger partial charge in [-0.15, -0.1) is 0 Å². The Hall–Kier alpha value is -2.08. The second-order valence-corrected chi connectivity index (χ2v) is 4.32. The zero-order valence-corrected chi connectivity index (χ0v) is 10.6. The van der Waals surface area contributed by atoms with Crippen LogP contribution in [0.25, 0.3) is 0 Å². The molecule has 0 saturated carbocycles. The van der Waals surface area contributed by atoms with Crippen LogP contribution in [0.1, 0.15) is 21.5 Å². The van der Waals surface area contributed by atoms with E-state index in [1.54, 1.807) is 37.3 Å². The topological polar surface area (TPSA) is 44.1 Å². The van der Waals surface area contributed by atoms with Crippen molar-refractivity contribution in [1.29, 1.82) is 5.26 Å². The van der Waals surface area contributed by atoms with E-state index in [-0.39, 0.29) is 11.4 Å². The number of hydrogen-bond donors (Lipinski definition) is 0. The number of benzene rings is 1. The molecule has 0 aromatic heterocycles. The van der Waals surface area contributed by atoms with Gasteiger partial charge in [0.1, 0.15) is 11.6 Å². The summed E-state index contributed by atoms with van der Waals surface area (Å²) in [5.74, 6) is -0.229. The summed E-state index contributed by atoms with van der Waals surface area (Å²) >= 11 is 0. The van der Waals surface area contributed by atoms with Crippen molar-refractivity contribution in [3.8, 4) is 6.07 Å². The summed E-state index contributed by atoms with van der Waals surface area (Å²) in [6.07, 6.45) is 1.54. The van der Waals surface area contributed by atoms with Gasteiger partial charge in [-0.1, -0.05) is 17.2 Å². The Kier molecular flexibility index (Phi) is 4.06. The van der Waals surface area contributed by atoms with Gasteiger partial charge in [0.05, 0.1) is 0 Å². The van der Waals surface area contributed by atoms with Crippen LogP contribution >= 0.6 is 0 Å². The van der Waals surface area contributed by atoms with Crippen molar-refractivity contribution < 1.29 is 4.79 Å². The van der Waals surface area contributed by atoms with Gasteiger partial charge in [-0.2, -0.15) is 5.26 Å². The van der Waals surface area contributed by atoms with Gasteiger partial charge in [-0.3, -0.25) is 4.79 Å². The molecule has 0 aliphatic carbocycles. The Morgan fingerprint density at radius 2 is 1.76 bits per heavy atom. The van der Waals surface area contributed by atoms with Gasteiger partial charge in [0, 0.05) is 25.9 Å². The molecule has 0 radical (unpaired) electrons. The Bertz CT molecular complexity index is 487. The molecule has 0 saturated heterocycles. The molecule has 0 atom stereocenters. The molecule has 0 bridgehead atoms. The number of ketones is 1. The average Bonchev–Trinajstić information content (AvgIpc) is 2.23. The van der Waals surface area contributed by atoms with Gasteiger partial charge in [0.15, 0.2) is 0 Å². The summed E-state index contributed by atoms with van der Waals surface area (Å²) in [5, 5.41) is 8.98. The Labute approximate surface area is 102 Å². The van der Waals surface area contributed by atoms with E-state index in [9.17, 15) is 4.79 Å². The van der Waals surface area contributed by atoms with Crippen LogP contribution in [0.4, 0.5) is 0 Å². The summed E-state index contributed by atoms with van der Waals surface area (Å²) in [6, 6.07) is 7.54. The second-order valence-electron chi connectivity index (χ2n) is 4.32. The predicted molar refractivity (Wildman–Crippen MR) is 67.6 cm³/mol. The average molecular weight is 228 g/mol. The van der Waals surface area contributed by atoms with Gasteiger partial charge >= 0.3 is 0 Å². The molecule has 17 heavy (non-hydrogen) atoms. The highest BCUT2D eigenvalue weighted by atomic mass is 16.1. The summed E-state index contributed by atoms with van der Waals surface area (Å²) in [7, 11) is 3.57. The monoisotopic (exact) mass is 228 g/mol. The minimum Gasteiger partial charge on any atom is -0.382 e. The molecule has 0 amide bonds. The lowest BCUT2D eigenvalue weighted by molar-refractivity contribution is 0.103. The standard InChI is InChI=1S/C14H16N2O/c1-10-5-11(2)7-12(6-10)14(17)13(8-15)9-16(3)4/h5-7,9H,1-4H3/b13-9+. The van der Waals surface area contributed by atoms with Crippen LogP contribution in [-0.4, -0.2) is 24.8 Å². The van der Waals surface area contributed by atoms with Crippen molar-refractivity contribution in [2.75, 3.05) is 14.1 Å². The highest BCUT2D eigenvalue weighted by molar-refractivity contribution is 6.11. The molecular formula is C14H16N2O. The lowest BCUT2D eigenvalue weighted by Gasteiger charge is -2.07. The van der Waals surface area contributed by atoms with E-state index in [4.69, 9.17) is 5.26 Å². The molecule has 0 unspecified atom stereocenters. The maximum absolute atomic E-state index is 12.1.